The Hall–Kier alpha value is -1.39. The van der Waals surface area contributed by atoms with Crippen LogP contribution in [0.2, 0.25) is 0 Å². The summed E-state index contributed by atoms with van der Waals surface area (Å²) in [6.45, 7) is 1.06. The van der Waals surface area contributed by atoms with E-state index in [1.54, 1.807) is 31.4 Å². The second kappa shape index (κ2) is 6.37. The standard InChI is InChI=1S/C14H18N2O3S/c1-19-13-8-10-16(11-13)20(17,18)14-7-3-2-5-12(14)6-4-9-15/h2-3,5,7,13H,8-11,15H2,1H3. The highest BCUT2D eigenvalue weighted by Crippen LogP contribution is 2.24. The topological polar surface area (TPSA) is 72.6 Å². The van der Waals surface area contributed by atoms with Crippen molar-refractivity contribution in [3.05, 3.63) is 29.8 Å². The number of methoxy groups -OCH3 is 1. The predicted octanol–water partition coefficient (Wildman–Crippen LogP) is 0.406. The Kier molecular flexibility index (Phi) is 4.78. The molecule has 0 radical (unpaired) electrons. The maximum absolute atomic E-state index is 12.7. The average molecular weight is 294 g/mol. The van der Waals surface area contributed by atoms with E-state index in [1.807, 2.05) is 0 Å². The third-order valence-corrected chi connectivity index (χ3v) is 5.19. The first-order chi connectivity index (χ1) is 9.59. The molecular weight excluding hydrogens is 276 g/mol. The molecule has 0 aliphatic carbocycles. The minimum Gasteiger partial charge on any atom is -0.380 e. The van der Waals surface area contributed by atoms with Crippen LogP contribution in [0, 0.1) is 11.8 Å². The first-order valence-corrected chi connectivity index (χ1v) is 7.84. The Balaban J connectivity index is 2.35. The second-order valence-electron chi connectivity index (χ2n) is 4.51. The van der Waals surface area contributed by atoms with Crippen LogP contribution in [0.1, 0.15) is 12.0 Å². The second-order valence-corrected chi connectivity index (χ2v) is 6.42. The zero-order valence-electron chi connectivity index (χ0n) is 11.4. The molecule has 2 rings (SSSR count). The summed E-state index contributed by atoms with van der Waals surface area (Å²) in [6.07, 6.45) is 0.680. The molecule has 0 saturated carbocycles. The zero-order chi connectivity index (χ0) is 14.6. The van der Waals surface area contributed by atoms with Crippen molar-refractivity contribution in [2.75, 3.05) is 26.7 Å². The molecule has 108 valence electrons. The van der Waals surface area contributed by atoms with Gasteiger partial charge in [-0.2, -0.15) is 4.31 Å². The van der Waals surface area contributed by atoms with Crippen LogP contribution in [0.5, 0.6) is 0 Å². The Morgan fingerprint density at radius 1 is 1.45 bits per heavy atom. The van der Waals surface area contributed by atoms with Gasteiger partial charge in [-0.15, -0.1) is 0 Å². The van der Waals surface area contributed by atoms with Crippen molar-refractivity contribution in [2.45, 2.75) is 17.4 Å². The molecule has 1 unspecified atom stereocenters. The van der Waals surface area contributed by atoms with Crippen LogP contribution >= 0.6 is 0 Å². The van der Waals surface area contributed by atoms with Gasteiger partial charge in [-0.25, -0.2) is 8.42 Å². The minimum atomic E-state index is -3.53. The summed E-state index contributed by atoms with van der Waals surface area (Å²) >= 11 is 0. The van der Waals surface area contributed by atoms with Crippen molar-refractivity contribution in [1.82, 2.24) is 4.31 Å². The lowest BCUT2D eigenvalue weighted by molar-refractivity contribution is 0.115. The number of nitrogens with two attached hydrogens (primary N) is 1. The zero-order valence-corrected chi connectivity index (χ0v) is 12.2. The van der Waals surface area contributed by atoms with Crippen LogP contribution in [0.4, 0.5) is 0 Å². The van der Waals surface area contributed by atoms with Gasteiger partial charge in [-0.05, 0) is 18.6 Å². The molecule has 1 fully saturated rings. The van der Waals surface area contributed by atoms with Crippen LogP contribution in [0.15, 0.2) is 29.2 Å². The molecule has 1 atom stereocenters. The van der Waals surface area contributed by atoms with Gasteiger partial charge in [0, 0.05) is 25.8 Å². The predicted molar refractivity (Wildman–Crippen MR) is 76.5 cm³/mol. The van der Waals surface area contributed by atoms with Gasteiger partial charge in [0.1, 0.15) is 0 Å². The number of hydrogen-bond donors (Lipinski definition) is 1. The van der Waals surface area contributed by atoms with E-state index in [0.717, 1.165) is 0 Å². The first-order valence-electron chi connectivity index (χ1n) is 6.40. The van der Waals surface area contributed by atoms with Crippen LogP contribution in [0.3, 0.4) is 0 Å². The molecule has 0 bridgehead atoms. The van der Waals surface area contributed by atoms with E-state index in [2.05, 4.69) is 11.8 Å². The molecule has 0 spiro atoms. The highest BCUT2D eigenvalue weighted by Gasteiger charge is 2.33. The summed E-state index contributed by atoms with van der Waals surface area (Å²) in [5.74, 6) is 5.51. The summed E-state index contributed by atoms with van der Waals surface area (Å²) in [7, 11) is -1.93. The van der Waals surface area contributed by atoms with Crippen molar-refractivity contribution >= 4 is 10.0 Å². The fourth-order valence-electron chi connectivity index (χ4n) is 2.19. The number of hydrogen-bond acceptors (Lipinski definition) is 4. The van der Waals surface area contributed by atoms with Gasteiger partial charge in [0.2, 0.25) is 10.0 Å². The quantitative estimate of drug-likeness (QED) is 0.819. The number of nitrogens with zero attached hydrogens (tertiary/aromatic N) is 1. The third kappa shape index (κ3) is 3.02. The highest BCUT2D eigenvalue weighted by atomic mass is 32.2. The monoisotopic (exact) mass is 294 g/mol. The lowest BCUT2D eigenvalue weighted by Crippen LogP contribution is -2.30. The Bertz CT molecular complexity index is 631. The maximum Gasteiger partial charge on any atom is 0.244 e. The maximum atomic E-state index is 12.7. The van der Waals surface area contributed by atoms with Gasteiger partial charge in [0.25, 0.3) is 0 Å². The number of ether oxygens (including phenoxy) is 1. The summed E-state index contributed by atoms with van der Waals surface area (Å²) in [5, 5.41) is 0. The fourth-order valence-corrected chi connectivity index (χ4v) is 3.82. The smallest absolute Gasteiger partial charge is 0.244 e. The molecule has 1 aliphatic rings. The van der Waals surface area contributed by atoms with Gasteiger partial charge in [0.05, 0.1) is 17.5 Å². The van der Waals surface area contributed by atoms with E-state index in [4.69, 9.17) is 10.5 Å². The van der Waals surface area contributed by atoms with Crippen LogP contribution in [-0.2, 0) is 14.8 Å². The average Bonchev–Trinajstić information content (AvgIpc) is 2.95. The molecule has 20 heavy (non-hydrogen) atoms. The summed E-state index contributed by atoms with van der Waals surface area (Å²) < 4.78 is 32.0. The van der Waals surface area contributed by atoms with Gasteiger partial charge in [0.15, 0.2) is 0 Å². The van der Waals surface area contributed by atoms with Crippen LogP contribution in [-0.4, -0.2) is 45.6 Å². The van der Waals surface area contributed by atoms with E-state index in [1.165, 1.54) is 4.31 Å². The summed E-state index contributed by atoms with van der Waals surface area (Å²) in [4.78, 5) is 0.234. The highest BCUT2D eigenvalue weighted by molar-refractivity contribution is 7.89. The summed E-state index contributed by atoms with van der Waals surface area (Å²) in [6, 6.07) is 6.74. The SMILES string of the molecule is COC1CCN(S(=O)(=O)c2ccccc2C#CCN)C1. The van der Waals surface area contributed by atoms with Crippen molar-refractivity contribution in [3.63, 3.8) is 0 Å². The van der Waals surface area contributed by atoms with E-state index in [-0.39, 0.29) is 17.5 Å². The lowest BCUT2D eigenvalue weighted by Gasteiger charge is -2.17. The minimum absolute atomic E-state index is 0.0351. The Morgan fingerprint density at radius 2 is 2.20 bits per heavy atom. The molecule has 2 N–H and O–H groups in total. The number of sulfonamides is 1. The van der Waals surface area contributed by atoms with Gasteiger partial charge in [-0.1, -0.05) is 24.0 Å². The van der Waals surface area contributed by atoms with E-state index in [9.17, 15) is 8.42 Å². The van der Waals surface area contributed by atoms with Crippen molar-refractivity contribution in [3.8, 4) is 11.8 Å². The Morgan fingerprint density at radius 3 is 2.85 bits per heavy atom. The van der Waals surface area contributed by atoms with E-state index < -0.39 is 10.0 Å². The molecule has 5 nitrogen and oxygen atoms in total. The largest absolute Gasteiger partial charge is 0.380 e. The molecular formula is C14H18N2O3S. The van der Waals surface area contributed by atoms with Crippen LogP contribution in [0.25, 0.3) is 0 Å². The molecule has 0 amide bonds. The first kappa shape index (κ1) is 15.0. The molecule has 1 aliphatic heterocycles. The normalized spacial score (nSPS) is 19.6. The molecule has 0 aromatic heterocycles. The molecule has 6 heteroatoms. The molecule has 1 saturated heterocycles. The van der Waals surface area contributed by atoms with Crippen molar-refractivity contribution < 1.29 is 13.2 Å². The van der Waals surface area contributed by atoms with E-state index >= 15 is 0 Å². The number of benzene rings is 1. The molecule has 1 aromatic rings. The van der Waals surface area contributed by atoms with E-state index in [0.29, 0.717) is 25.1 Å². The van der Waals surface area contributed by atoms with Gasteiger partial charge < -0.3 is 10.5 Å². The molecule has 1 heterocycles. The van der Waals surface area contributed by atoms with Gasteiger partial charge >= 0.3 is 0 Å². The third-order valence-electron chi connectivity index (χ3n) is 3.27. The molecule has 1 aromatic carbocycles. The Labute approximate surface area is 119 Å². The van der Waals surface area contributed by atoms with Crippen molar-refractivity contribution in [2.24, 2.45) is 5.73 Å². The van der Waals surface area contributed by atoms with Crippen molar-refractivity contribution in [1.29, 1.82) is 0 Å². The number of rotatable bonds is 3. The van der Waals surface area contributed by atoms with Gasteiger partial charge in [-0.3, -0.25) is 0 Å². The van der Waals surface area contributed by atoms with Crippen LogP contribution < -0.4 is 5.73 Å². The summed E-state index contributed by atoms with van der Waals surface area (Å²) in [5.41, 5.74) is 5.83. The lowest BCUT2D eigenvalue weighted by atomic mass is 10.2. The fraction of sp³-hybridized carbons (Fsp3) is 0.429.